The molecule has 0 aromatic rings. The minimum absolute atomic E-state index is 0.104. The van der Waals surface area contributed by atoms with Crippen molar-refractivity contribution in [3.8, 4) is 0 Å². The molecule has 80 heavy (non-hydrogen) atoms. The molecule has 0 aromatic carbocycles. The molecule has 19 heteroatoms. The molecule has 0 radical (unpaired) electrons. The number of esters is 4. The molecule has 0 rings (SSSR count). The molecule has 0 heterocycles. The van der Waals surface area contributed by atoms with Crippen LogP contribution in [0, 0.1) is 0 Å². The van der Waals surface area contributed by atoms with E-state index in [-0.39, 0.29) is 25.7 Å². The van der Waals surface area contributed by atoms with Crippen molar-refractivity contribution < 1.29 is 80.2 Å². The highest BCUT2D eigenvalue weighted by Crippen LogP contribution is 2.45. The van der Waals surface area contributed by atoms with Crippen LogP contribution in [0.5, 0.6) is 0 Å². The van der Waals surface area contributed by atoms with Gasteiger partial charge in [0.15, 0.2) is 12.2 Å². The first-order chi connectivity index (χ1) is 38.7. The topological polar surface area (TPSA) is 237 Å². The molecule has 17 nitrogen and oxygen atoms in total. The van der Waals surface area contributed by atoms with Crippen LogP contribution >= 0.6 is 15.6 Å². The predicted molar refractivity (Wildman–Crippen MR) is 317 cm³/mol. The first kappa shape index (κ1) is 78.1. The highest BCUT2D eigenvalue weighted by atomic mass is 31.2. The third-order valence-electron chi connectivity index (χ3n) is 14.1. The van der Waals surface area contributed by atoms with E-state index in [1.165, 1.54) is 116 Å². The quantitative estimate of drug-likeness (QED) is 0.0222. The number of hydrogen-bond donors (Lipinski definition) is 3. The summed E-state index contributed by atoms with van der Waals surface area (Å²) in [7, 11) is -9.87. The lowest BCUT2D eigenvalue weighted by atomic mass is 10.0. The van der Waals surface area contributed by atoms with Gasteiger partial charge in [0.2, 0.25) is 0 Å². The Labute approximate surface area is 486 Å². The lowest BCUT2D eigenvalue weighted by Crippen LogP contribution is -2.30. The average Bonchev–Trinajstić information content (AvgIpc) is 3.43. The largest absolute Gasteiger partial charge is 0.472 e. The van der Waals surface area contributed by atoms with Crippen LogP contribution in [0.3, 0.4) is 0 Å². The van der Waals surface area contributed by atoms with E-state index in [9.17, 15) is 43.2 Å². The van der Waals surface area contributed by atoms with Crippen molar-refractivity contribution in [3.05, 3.63) is 0 Å². The molecule has 0 amide bonds. The van der Waals surface area contributed by atoms with Crippen molar-refractivity contribution in [2.24, 2.45) is 0 Å². The number of phosphoric acid groups is 2. The van der Waals surface area contributed by atoms with Crippen molar-refractivity contribution >= 4 is 39.5 Å². The number of hydrogen-bond acceptors (Lipinski definition) is 15. The van der Waals surface area contributed by atoms with Crippen molar-refractivity contribution in [1.29, 1.82) is 0 Å². The second kappa shape index (κ2) is 56.2. The van der Waals surface area contributed by atoms with Gasteiger partial charge in [-0.15, -0.1) is 0 Å². The second-order valence-electron chi connectivity index (χ2n) is 22.1. The third-order valence-corrected chi connectivity index (χ3v) is 16.0. The first-order valence-electron chi connectivity index (χ1n) is 32.3. The van der Waals surface area contributed by atoms with Crippen molar-refractivity contribution in [1.82, 2.24) is 0 Å². The molecular weight excluding hydrogens is 1070 g/mol. The predicted octanol–water partition coefficient (Wildman–Crippen LogP) is 16.8. The number of unbranched alkanes of at least 4 members (excludes halogenated alkanes) is 36. The van der Waals surface area contributed by atoms with Gasteiger partial charge in [0.1, 0.15) is 19.3 Å². The number of aliphatic hydroxyl groups excluding tert-OH is 1. The SMILES string of the molecule is CCCCCCCCCCCCCCCCCC(=O)O[C@H](COC(=O)CCCCCCCCCCCCC)COP(=O)(O)OC[C@@H](O)COP(=O)(O)OC[C@@H](COC(=O)CCCCCCCCC)OC(=O)CCCCCCCCC. The van der Waals surface area contributed by atoms with Crippen molar-refractivity contribution in [3.63, 3.8) is 0 Å². The third kappa shape index (κ3) is 55.3. The van der Waals surface area contributed by atoms with Crippen molar-refractivity contribution in [2.45, 2.75) is 329 Å². The van der Waals surface area contributed by atoms with E-state index in [4.69, 9.17) is 37.0 Å². The molecule has 0 spiro atoms. The van der Waals surface area contributed by atoms with Crippen LogP contribution in [0.1, 0.15) is 310 Å². The number of phosphoric ester groups is 2. The van der Waals surface area contributed by atoms with Gasteiger partial charge in [0, 0.05) is 25.7 Å². The van der Waals surface area contributed by atoms with Gasteiger partial charge in [-0.1, -0.05) is 259 Å². The van der Waals surface area contributed by atoms with Gasteiger partial charge < -0.3 is 33.8 Å². The second-order valence-corrected chi connectivity index (χ2v) is 25.0. The molecule has 0 aliphatic rings. The molecule has 0 aliphatic carbocycles. The van der Waals surface area contributed by atoms with E-state index >= 15 is 0 Å². The fraction of sp³-hybridized carbons (Fsp3) is 0.934. The van der Waals surface area contributed by atoms with Gasteiger partial charge in [-0.25, -0.2) is 9.13 Å². The van der Waals surface area contributed by atoms with Crippen LogP contribution in [0.25, 0.3) is 0 Å². The maximum atomic E-state index is 12.9. The van der Waals surface area contributed by atoms with Crippen LogP contribution in [-0.4, -0.2) is 96.7 Å². The number of aliphatic hydroxyl groups is 1. The van der Waals surface area contributed by atoms with Crippen LogP contribution in [0.4, 0.5) is 0 Å². The van der Waals surface area contributed by atoms with Crippen LogP contribution in [-0.2, 0) is 65.4 Å². The minimum atomic E-state index is -4.94. The molecule has 0 saturated heterocycles. The molecule has 0 fully saturated rings. The van der Waals surface area contributed by atoms with E-state index in [0.29, 0.717) is 25.7 Å². The molecule has 0 aromatic heterocycles. The smallest absolute Gasteiger partial charge is 0.462 e. The molecule has 5 atom stereocenters. The Morgan fingerprint density at radius 3 is 0.738 bits per heavy atom. The highest BCUT2D eigenvalue weighted by Gasteiger charge is 2.30. The molecule has 3 N–H and O–H groups in total. The summed E-state index contributed by atoms with van der Waals surface area (Å²) in [4.78, 5) is 71.8. The van der Waals surface area contributed by atoms with Gasteiger partial charge in [-0.2, -0.15) is 0 Å². The summed E-state index contributed by atoms with van der Waals surface area (Å²) >= 11 is 0. The summed E-state index contributed by atoms with van der Waals surface area (Å²) in [6.45, 7) is 4.79. The Morgan fingerprint density at radius 2 is 0.500 bits per heavy atom. The highest BCUT2D eigenvalue weighted by molar-refractivity contribution is 7.47. The molecule has 0 bridgehead atoms. The fourth-order valence-corrected chi connectivity index (χ4v) is 10.7. The van der Waals surface area contributed by atoms with Crippen LogP contribution < -0.4 is 0 Å². The summed E-state index contributed by atoms with van der Waals surface area (Å²) in [5.41, 5.74) is 0. The van der Waals surface area contributed by atoms with Crippen LogP contribution in [0.15, 0.2) is 0 Å². The fourth-order valence-electron chi connectivity index (χ4n) is 9.10. The minimum Gasteiger partial charge on any atom is -0.462 e. The average molecular weight is 1190 g/mol. The number of rotatable bonds is 62. The zero-order chi connectivity index (χ0) is 59.1. The summed E-state index contributed by atoms with van der Waals surface area (Å²) in [5.74, 6) is -2.14. The Hall–Kier alpha value is -1.94. The molecule has 0 aliphatic heterocycles. The standard InChI is InChI=1S/C61H118O17P2/c1-5-9-13-17-21-23-25-26-27-28-30-32-36-40-44-48-61(66)78-57(52-72-59(64)46-42-38-35-31-29-24-22-18-14-10-6-2)54-76-80(69,70)74-50-55(62)49-73-79(67,68)75-53-56(77-60(65)47-43-39-34-20-16-12-8-4)51-71-58(63)45-41-37-33-19-15-11-7-3/h55-57,62H,5-54H2,1-4H3,(H,67,68)(H,69,70)/t55-,56+,57+/m0/s1. The first-order valence-corrected chi connectivity index (χ1v) is 35.3. The molecule has 0 saturated carbocycles. The molecule has 2 unspecified atom stereocenters. The van der Waals surface area contributed by atoms with Crippen LogP contribution in [0.2, 0.25) is 0 Å². The van der Waals surface area contributed by atoms with E-state index in [1.807, 2.05) is 0 Å². The van der Waals surface area contributed by atoms with E-state index in [2.05, 4.69) is 27.7 Å². The zero-order valence-corrected chi connectivity index (χ0v) is 52.8. The van der Waals surface area contributed by atoms with E-state index in [0.717, 1.165) is 116 Å². The molecular formula is C61H118O17P2. The number of ether oxygens (including phenoxy) is 4. The van der Waals surface area contributed by atoms with Gasteiger partial charge in [0.05, 0.1) is 26.4 Å². The number of carbonyl (C=O) groups excluding carboxylic acids is 4. The Morgan fingerprint density at radius 1 is 0.300 bits per heavy atom. The summed E-state index contributed by atoms with van der Waals surface area (Å²) < 4.78 is 67.7. The van der Waals surface area contributed by atoms with Gasteiger partial charge in [-0.3, -0.25) is 37.3 Å². The van der Waals surface area contributed by atoms with E-state index in [1.54, 1.807) is 0 Å². The normalized spacial score (nSPS) is 14.2. The maximum absolute atomic E-state index is 12.9. The summed E-state index contributed by atoms with van der Waals surface area (Å²) in [5, 5.41) is 10.5. The van der Waals surface area contributed by atoms with Crippen molar-refractivity contribution in [2.75, 3.05) is 39.6 Å². The number of carbonyl (C=O) groups is 4. The monoisotopic (exact) mass is 1180 g/mol. The van der Waals surface area contributed by atoms with Gasteiger partial charge >= 0.3 is 39.5 Å². The summed E-state index contributed by atoms with van der Waals surface area (Å²) in [6.07, 6.45) is 40.5. The Kier molecular flexibility index (Phi) is 54.8. The van der Waals surface area contributed by atoms with Gasteiger partial charge in [-0.05, 0) is 25.7 Å². The maximum Gasteiger partial charge on any atom is 0.472 e. The zero-order valence-electron chi connectivity index (χ0n) is 51.0. The Balaban J connectivity index is 5.17. The lowest BCUT2D eigenvalue weighted by Gasteiger charge is -2.21. The van der Waals surface area contributed by atoms with E-state index < -0.39 is 97.5 Å². The lowest BCUT2D eigenvalue weighted by molar-refractivity contribution is -0.161. The van der Waals surface area contributed by atoms with Gasteiger partial charge in [0.25, 0.3) is 0 Å². The Bertz CT molecular complexity index is 1550. The molecule has 474 valence electrons. The summed E-state index contributed by atoms with van der Waals surface area (Å²) in [6, 6.07) is 0.